The summed E-state index contributed by atoms with van der Waals surface area (Å²) in [5.41, 5.74) is 2.49. The van der Waals surface area contributed by atoms with Crippen LogP contribution in [0.15, 0.2) is 24.3 Å². The maximum Gasteiger partial charge on any atom is 0.224 e. The zero-order valence-electron chi connectivity index (χ0n) is 13.2. The molecule has 2 rings (SSSR count). The molecule has 0 saturated carbocycles. The average Bonchev–Trinajstić information content (AvgIpc) is 3.05. The fourth-order valence-corrected chi connectivity index (χ4v) is 2.76. The third kappa shape index (κ3) is 4.83. The zero-order valence-corrected chi connectivity index (χ0v) is 13.2. The Bertz CT molecular complexity index is 451. The van der Waals surface area contributed by atoms with E-state index in [1.807, 2.05) is 0 Å². The Balaban J connectivity index is 1.87. The predicted octanol–water partition coefficient (Wildman–Crippen LogP) is 1.75. The van der Waals surface area contributed by atoms with Gasteiger partial charge in [0.2, 0.25) is 5.91 Å². The molecular weight excluding hydrogens is 262 g/mol. The Kier molecular flexibility index (Phi) is 6.21. The molecule has 0 aliphatic carbocycles. The maximum atomic E-state index is 12.0. The van der Waals surface area contributed by atoms with Crippen molar-refractivity contribution >= 4 is 5.91 Å². The summed E-state index contributed by atoms with van der Waals surface area (Å²) in [5, 5.41) is 6.29. The topological polar surface area (TPSA) is 44.4 Å². The Labute approximate surface area is 127 Å². The Morgan fingerprint density at radius 2 is 2.10 bits per heavy atom. The highest BCUT2D eigenvalue weighted by Gasteiger charge is 2.21. The smallest absolute Gasteiger partial charge is 0.224 e. The van der Waals surface area contributed by atoms with Gasteiger partial charge in [-0.2, -0.15) is 0 Å². The molecule has 0 radical (unpaired) electrons. The van der Waals surface area contributed by atoms with Gasteiger partial charge in [-0.1, -0.05) is 38.1 Å². The van der Waals surface area contributed by atoms with Gasteiger partial charge in [-0.3, -0.25) is 9.69 Å². The number of nitrogens with one attached hydrogen (secondary N) is 2. The molecule has 1 aromatic carbocycles. The lowest BCUT2D eigenvalue weighted by Gasteiger charge is -2.18. The quantitative estimate of drug-likeness (QED) is 0.804. The molecule has 1 aliphatic rings. The summed E-state index contributed by atoms with van der Waals surface area (Å²) in [7, 11) is 0. The minimum Gasteiger partial charge on any atom is -0.352 e. The zero-order chi connectivity index (χ0) is 15.1. The van der Waals surface area contributed by atoms with Gasteiger partial charge in [-0.05, 0) is 37.2 Å². The molecule has 1 amide bonds. The van der Waals surface area contributed by atoms with Crippen LogP contribution in [-0.2, 0) is 17.9 Å². The molecule has 0 bridgehead atoms. The summed E-state index contributed by atoms with van der Waals surface area (Å²) in [6.07, 6.45) is 0.952. The first kappa shape index (κ1) is 16.0. The third-order valence-electron chi connectivity index (χ3n) is 4.19. The number of benzene rings is 1. The highest BCUT2D eigenvalue weighted by Crippen LogP contribution is 2.10. The van der Waals surface area contributed by atoms with E-state index in [9.17, 15) is 4.79 Å². The van der Waals surface area contributed by atoms with E-state index in [2.05, 4.69) is 53.6 Å². The SMILES string of the molecule is CCN(CC)Cc1cccc(CNC(=O)C2CCNC2)c1. The van der Waals surface area contributed by atoms with Crippen molar-refractivity contribution in [1.82, 2.24) is 15.5 Å². The third-order valence-corrected chi connectivity index (χ3v) is 4.19. The molecule has 4 heteroatoms. The van der Waals surface area contributed by atoms with E-state index >= 15 is 0 Å². The molecule has 1 atom stereocenters. The van der Waals surface area contributed by atoms with E-state index in [0.717, 1.165) is 39.1 Å². The van der Waals surface area contributed by atoms with Crippen molar-refractivity contribution in [3.8, 4) is 0 Å². The molecule has 1 aliphatic heterocycles. The molecule has 2 N–H and O–H groups in total. The van der Waals surface area contributed by atoms with Crippen LogP contribution in [0.5, 0.6) is 0 Å². The second kappa shape index (κ2) is 8.15. The normalized spacial score (nSPS) is 18.1. The van der Waals surface area contributed by atoms with Gasteiger partial charge in [-0.25, -0.2) is 0 Å². The number of carbonyl (C=O) groups is 1. The molecule has 116 valence electrons. The van der Waals surface area contributed by atoms with Gasteiger partial charge >= 0.3 is 0 Å². The van der Waals surface area contributed by atoms with Crippen molar-refractivity contribution in [2.75, 3.05) is 26.2 Å². The van der Waals surface area contributed by atoms with E-state index < -0.39 is 0 Å². The van der Waals surface area contributed by atoms with Gasteiger partial charge < -0.3 is 10.6 Å². The van der Waals surface area contributed by atoms with E-state index in [1.54, 1.807) is 0 Å². The number of carbonyl (C=O) groups excluding carboxylic acids is 1. The van der Waals surface area contributed by atoms with Gasteiger partial charge in [0.05, 0.1) is 5.92 Å². The summed E-state index contributed by atoms with van der Waals surface area (Å²) in [5.74, 6) is 0.318. The fourth-order valence-electron chi connectivity index (χ4n) is 2.76. The van der Waals surface area contributed by atoms with Crippen LogP contribution in [-0.4, -0.2) is 37.0 Å². The molecule has 1 fully saturated rings. The number of amides is 1. The molecule has 1 unspecified atom stereocenters. The summed E-state index contributed by atoms with van der Waals surface area (Å²) < 4.78 is 0. The second-order valence-corrected chi connectivity index (χ2v) is 5.69. The van der Waals surface area contributed by atoms with E-state index in [-0.39, 0.29) is 11.8 Å². The fraction of sp³-hybridized carbons (Fsp3) is 0.588. The molecule has 1 heterocycles. The van der Waals surface area contributed by atoms with Crippen LogP contribution in [0.2, 0.25) is 0 Å². The second-order valence-electron chi connectivity index (χ2n) is 5.69. The van der Waals surface area contributed by atoms with Crippen LogP contribution in [0.25, 0.3) is 0 Å². The predicted molar refractivity (Wildman–Crippen MR) is 85.9 cm³/mol. The Hall–Kier alpha value is -1.39. The Morgan fingerprint density at radius 1 is 1.33 bits per heavy atom. The van der Waals surface area contributed by atoms with Crippen molar-refractivity contribution in [2.24, 2.45) is 5.92 Å². The van der Waals surface area contributed by atoms with E-state index in [1.165, 1.54) is 11.1 Å². The van der Waals surface area contributed by atoms with Crippen LogP contribution < -0.4 is 10.6 Å². The lowest BCUT2D eigenvalue weighted by molar-refractivity contribution is -0.124. The van der Waals surface area contributed by atoms with Crippen molar-refractivity contribution in [1.29, 1.82) is 0 Å². The highest BCUT2D eigenvalue weighted by molar-refractivity contribution is 5.79. The molecular formula is C17H27N3O. The minimum atomic E-state index is 0.142. The van der Waals surface area contributed by atoms with E-state index in [0.29, 0.717) is 6.54 Å². The highest BCUT2D eigenvalue weighted by atomic mass is 16.1. The van der Waals surface area contributed by atoms with Crippen molar-refractivity contribution < 1.29 is 4.79 Å². The van der Waals surface area contributed by atoms with Crippen molar-refractivity contribution in [3.05, 3.63) is 35.4 Å². The van der Waals surface area contributed by atoms with Gasteiger partial charge in [0, 0.05) is 19.6 Å². The molecule has 21 heavy (non-hydrogen) atoms. The van der Waals surface area contributed by atoms with Gasteiger partial charge in [0.25, 0.3) is 0 Å². The molecule has 1 aromatic rings. The van der Waals surface area contributed by atoms with E-state index in [4.69, 9.17) is 0 Å². The monoisotopic (exact) mass is 289 g/mol. The molecule has 1 saturated heterocycles. The summed E-state index contributed by atoms with van der Waals surface area (Å²) in [6.45, 7) is 9.86. The van der Waals surface area contributed by atoms with Gasteiger partial charge in [0.15, 0.2) is 0 Å². The molecule has 0 spiro atoms. The molecule has 0 aromatic heterocycles. The summed E-state index contributed by atoms with van der Waals surface area (Å²) in [6, 6.07) is 8.52. The Morgan fingerprint density at radius 3 is 2.76 bits per heavy atom. The number of rotatable bonds is 7. The first-order valence-electron chi connectivity index (χ1n) is 8.01. The largest absolute Gasteiger partial charge is 0.352 e. The average molecular weight is 289 g/mol. The summed E-state index contributed by atoms with van der Waals surface area (Å²) >= 11 is 0. The van der Waals surface area contributed by atoms with Crippen molar-refractivity contribution in [3.63, 3.8) is 0 Å². The lowest BCUT2D eigenvalue weighted by atomic mass is 10.1. The molecule has 4 nitrogen and oxygen atoms in total. The van der Waals surface area contributed by atoms with Gasteiger partial charge in [0.1, 0.15) is 0 Å². The number of hydrogen-bond acceptors (Lipinski definition) is 3. The van der Waals surface area contributed by atoms with Gasteiger partial charge in [-0.15, -0.1) is 0 Å². The first-order chi connectivity index (χ1) is 10.2. The van der Waals surface area contributed by atoms with Crippen molar-refractivity contribution in [2.45, 2.75) is 33.4 Å². The standard InChI is InChI=1S/C17H27N3O/c1-3-20(4-2)13-15-7-5-6-14(10-15)11-19-17(21)16-8-9-18-12-16/h5-7,10,16,18H,3-4,8-9,11-13H2,1-2H3,(H,19,21). The van der Waals surface area contributed by atoms with Crippen LogP contribution in [0.4, 0.5) is 0 Å². The van der Waals surface area contributed by atoms with Crippen LogP contribution in [0, 0.1) is 5.92 Å². The number of nitrogens with zero attached hydrogens (tertiary/aromatic N) is 1. The maximum absolute atomic E-state index is 12.0. The first-order valence-corrected chi connectivity index (χ1v) is 8.01. The lowest BCUT2D eigenvalue weighted by Crippen LogP contribution is -2.31. The summed E-state index contributed by atoms with van der Waals surface area (Å²) in [4.78, 5) is 14.4. The van der Waals surface area contributed by atoms with Crippen LogP contribution in [0.3, 0.4) is 0 Å². The van der Waals surface area contributed by atoms with Crippen LogP contribution in [0.1, 0.15) is 31.4 Å². The minimum absolute atomic E-state index is 0.142. The number of hydrogen-bond donors (Lipinski definition) is 2. The van der Waals surface area contributed by atoms with Crippen LogP contribution >= 0.6 is 0 Å².